The summed E-state index contributed by atoms with van der Waals surface area (Å²) in [6.45, 7) is 3.12. The number of Topliss-reactive ketones (excluding diaryl/α,β-unsaturated/α-hetero) is 1. The van der Waals surface area contributed by atoms with Gasteiger partial charge in [0, 0.05) is 50.1 Å². The molecule has 0 bridgehead atoms. The number of carbonyl (C=O) groups is 3. The average molecular weight is 365 g/mol. The number of nitrogens with zero attached hydrogens (tertiary/aromatic N) is 3. The third kappa shape index (κ3) is 4.39. The van der Waals surface area contributed by atoms with E-state index in [1.54, 1.807) is 18.3 Å². The van der Waals surface area contributed by atoms with Gasteiger partial charge in [-0.2, -0.15) is 0 Å². The molecule has 1 aliphatic heterocycles. The van der Waals surface area contributed by atoms with Gasteiger partial charge in [0.2, 0.25) is 5.91 Å². The first-order valence-corrected chi connectivity index (χ1v) is 9.17. The maximum atomic E-state index is 12.7. The lowest BCUT2D eigenvalue weighted by Gasteiger charge is -2.31. The predicted octanol–water partition coefficient (Wildman–Crippen LogP) is 2.30. The number of ketones is 1. The molecule has 0 saturated carbocycles. The van der Waals surface area contributed by atoms with Crippen molar-refractivity contribution in [2.75, 3.05) is 13.1 Å². The molecule has 1 saturated heterocycles. The fourth-order valence-corrected chi connectivity index (χ4v) is 3.32. The number of amides is 2. The SMILES string of the molecule is CCC1CN(C(=O)C(=O)c2cccnc2)CCC(=O)N1Cc1ccccc1. The van der Waals surface area contributed by atoms with Crippen LogP contribution >= 0.6 is 0 Å². The fraction of sp³-hybridized carbons (Fsp3) is 0.333. The van der Waals surface area contributed by atoms with Gasteiger partial charge in [0.15, 0.2) is 0 Å². The zero-order valence-electron chi connectivity index (χ0n) is 15.4. The highest BCUT2D eigenvalue weighted by Gasteiger charge is 2.33. The number of hydrogen-bond donors (Lipinski definition) is 0. The second-order valence-electron chi connectivity index (χ2n) is 6.64. The summed E-state index contributed by atoms with van der Waals surface area (Å²) < 4.78 is 0. The van der Waals surface area contributed by atoms with Crippen LogP contribution in [-0.4, -0.2) is 51.5 Å². The second-order valence-corrected chi connectivity index (χ2v) is 6.64. The van der Waals surface area contributed by atoms with E-state index in [1.807, 2.05) is 42.2 Å². The summed E-state index contributed by atoms with van der Waals surface area (Å²) in [5, 5.41) is 0. The van der Waals surface area contributed by atoms with E-state index in [1.165, 1.54) is 11.1 Å². The molecule has 0 spiro atoms. The van der Waals surface area contributed by atoms with Crippen LogP contribution in [0.3, 0.4) is 0 Å². The van der Waals surface area contributed by atoms with E-state index in [0.29, 0.717) is 19.5 Å². The standard InChI is InChI=1S/C21H23N3O3/c1-2-18-15-23(21(27)20(26)17-9-6-11-22-13-17)12-10-19(25)24(18)14-16-7-4-3-5-8-16/h3-9,11,13,18H,2,10,12,14-15H2,1H3. The molecule has 6 nitrogen and oxygen atoms in total. The van der Waals surface area contributed by atoms with E-state index < -0.39 is 11.7 Å². The van der Waals surface area contributed by atoms with E-state index in [-0.39, 0.29) is 30.5 Å². The summed E-state index contributed by atoms with van der Waals surface area (Å²) >= 11 is 0. The van der Waals surface area contributed by atoms with Gasteiger partial charge in [-0.25, -0.2) is 0 Å². The summed E-state index contributed by atoms with van der Waals surface area (Å²) in [6.07, 6.45) is 3.88. The monoisotopic (exact) mass is 365 g/mol. The lowest BCUT2D eigenvalue weighted by molar-refractivity contribution is -0.133. The molecule has 1 atom stereocenters. The minimum Gasteiger partial charge on any atom is -0.334 e. The van der Waals surface area contributed by atoms with Crippen LogP contribution in [0.2, 0.25) is 0 Å². The summed E-state index contributed by atoms with van der Waals surface area (Å²) in [5.74, 6) is -1.15. The molecule has 140 valence electrons. The van der Waals surface area contributed by atoms with Crippen molar-refractivity contribution in [2.45, 2.75) is 32.4 Å². The molecule has 0 radical (unpaired) electrons. The lowest BCUT2D eigenvalue weighted by atomic mass is 10.1. The molecule has 0 aliphatic carbocycles. The molecule has 2 amide bonds. The van der Waals surface area contributed by atoms with Crippen molar-refractivity contribution in [3.8, 4) is 0 Å². The minimum atomic E-state index is -0.582. The van der Waals surface area contributed by atoms with Crippen molar-refractivity contribution >= 4 is 17.6 Å². The van der Waals surface area contributed by atoms with E-state index in [9.17, 15) is 14.4 Å². The van der Waals surface area contributed by atoms with Crippen molar-refractivity contribution in [3.05, 3.63) is 66.0 Å². The summed E-state index contributed by atoms with van der Waals surface area (Å²) in [5.41, 5.74) is 1.32. The van der Waals surface area contributed by atoms with E-state index in [4.69, 9.17) is 0 Å². The first-order valence-electron chi connectivity index (χ1n) is 9.17. The third-order valence-electron chi connectivity index (χ3n) is 4.86. The van der Waals surface area contributed by atoms with Crippen molar-refractivity contribution < 1.29 is 14.4 Å². The van der Waals surface area contributed by atoms with Gasteiger partial charge in [0.05, 0.1) is 0 Å². The third-order valence-corrected chi connectivity index (χ3v) is 4.86. The quantitative estimate of drug-likeness (QED) is 0.602. The van der Waals surface area contributed by atoms with Crippen LogP contribution in [0.1, 0.15) is 35.7 Å². The molecule has 3 rings (SSSR count). The smallest absolute Gasteiger partial charge is 0.295 e. The number of benzene rings is 1. The molecule has 27 heavy (non-hydrogen) atoms. The molecule has 1 aromatic heterocycles. The van der Waals surface area contributed by atoms with Crippen molar-refractivity contribution in [1.29, 1.82) is 0 Å². The number of hydrogen-bond acceptors (Lipinski definition) is 4. The van der Waals surface area contributed by atoms with Crippen LogP contribution in [0.5, 0.6) is 0 Å². The molecule has 1 fully saturated rings. The van der Waals surface area contributed by atoms with E-state index in [0.717, 1.165) is 5.56 Å². The highest BCUT2D eigenvalue weighted by atomic mass is 16.2. The Morgan fingerprint density at radius 1 is 1.15 bits per heavy atom. The average Bonchev–Trinajstić information content (AvgIpc) is 2.87. The van der Waals surface area contributed by atoms with Crippen molar-refractivity contribution in [1.82, 2.24) is 14.8 Å². The Morgan fingerprint density at radius 2 is 1.93 bits per heavy atom. The highest BCUT2D eigenvalue weighted by Crippen LogP contribution is 2.18. The summed E-state index contributed by atoms with van der Waals surface area (Å²) in [4.78, 5) is 45.1. The second kappa shape index (κ2) is 8.58. The van der Waals surface area contributed by atoms with Gasteiger partial charge in [-0.3, -0.25) is 19.4 Å². The molecule has 6 heteroatoms. The van der Waals surface area contributed by atoms with Crippen LogP contribution in [-0.2, 0) is 16.1 Å². The maximum absolute atomic E-state index is 12.7. The lowest BCUT2D eigenvalue weighted by Crippen LogP contribution is -2.45. The van der Waals surface area contributed by atoms with Gasteiger partial charge in [-0.05, 0) is 24.1 Å². The molecular weight excluding hydrogens is 342 g/mol. The Balaban J connectivity index is 1.76. The number of aromatic nitrogens is 1. The maximum Gasteiger partial charge on any atom is 0.295 e. The summed E-state index contributed by atoms with van der Waals surface area (Å²) in [7, 11) is 0. The van der Waals surface area contributed by atoms with Gasteiger partial charge in [-0.15, -0.1) is 0 Å². The Kier molecular flexibility index (Phi) is 5.96. The molecule has 1 aliphatic rings. The Hall–Kier alpha value is -3.02. The van der Waals surface area contributed by atoms with Crippen LogP contribution in [0.4, 0.5) is 0 Å². The molecule has 1 aromatic carbocycles. The Morgan fingerprint density at radius 3 is 2.59 bits per heavy atom. The highest BCUT2D eigenvalue weighted by molar-refractivity contribution is 6.42. The van der Waals surface area contributed by atoms with Gasteiger partial charge in [0.25, 0.3) is 11.7 Å². The zero-order chi connectivity index (χ0) is 19.2. The first-order chi connectivity index (χ1) is 13.1. The number of rotatable bonds is 5. The Bertz CT molecular complexity index is 808. The first kappa shape index (κ1) is 18.8. The van der Waals surface area contributed by atoms with E-state index >= 15 is 0 Å². The van der Waals surface area contributed by atoms with Crippen LogP contribution in [0.25, 0.3) is 0 Å². The molecule has 2 aromatic rings. The fourth-order valence-electron chi connectivity index (χ4n) is 3.32. The normalized spacial score (nSPS) is 17.5. The predicted molar refractivity (Wildman–Crippen MR) is 101 cm³/mol. The topological polar surface area (TPSA) is 70.6 Å². The van der Waals surface area contributed by atoms with Crippen molar-refractivity contribution in [2.24, 2.45) is 0 Å². The molecule has 1 unspecified atom stereocenters. The summed E-state index contributed by atoms with van der Waals surface area (Å²) in [6, 6.07) is 12.9. The van der Waals surface area contributed by atoms with Crippen LogP contribution < -0.4 is 0 Å². The van der Waals surface area contributed by atoms with Gasteiger partial charge in [0.1, 0.15) is 0 Å². The van der Waals surface area contributed by atoms with Gasteiger partial charge >= 0.3 is 0 Å². The van der Waals surface area contributed by atoms with Crippen molar-refractivity contribution in [3.63, 3.8) is 0 Å². The van der Waals surface area contributed by atoms with Gasteiger partial charge in [-0.1, -0.05) is 37.3 Å². The molecule has 0 N–H and O–H groups in total. The largest absolute Gasteiger partial charge is 0.334 e. The Labute approximate surface area is 158 Å². The van der Waals surface area contributed by atoms with Crippen LogP contribution in [0, 0.1) is 0 Å². The zero-order valence-corrected chi connectivity index (χ0v) is 15.4. The molecule has 2 heterocycles. The minimum absolute atomic E-state index is 0.00910. The molecular formula is C21H23N3O3. The number of pyridine rings is 1. The number of carbonyl (C=O) groups excluding carboxylic acids is 3. The van der Waals surface area contributed by atoms with Crippen LogP contribution in [0.15, 0.2) is 54.9 Å². The van der Waals surface area contributed by atoms with Gasteiger partial charge < -0.3 is 9.80 Å². The van der Waals surface area contributed by atoms with E-state index in [2.05, 4.69) is 4.98 Å².